The van der Waals surface area contributed by atoms with Gasteiger partial charge in [-0.25, -0.2) is 0 Å². The van der Waals surface area contributed by atoms with Crippen molar-refractivity contribution in [3.63, 3.8) is 0 Å². The van der Waals surface area contributed by atoms with Crippen molar-refractivity contribution in [2.24, 2.45) is 0 Å². The molecule has 9 aromatic carbocycles. The zero-order chi connectivity index (χ0) is 36.6. The Labute approximate surface area is 320 Å². The van der Waals surface area contributed by atoms with Crippen molar-refractivity contribution in [3.8, 4) is 22.3 Å². The Balaban J connectivity index is 1.30. The minimum Gasteiger partial charge on any atom is -0.456 e. The SMILES string of the molecule is c1ccc(-c2ccc(N(c3ccccc3)c3cc4oc5ccc6ccccc6c5c4cc3N(c3ccccc3)c3ccccc3-c3ccccc3)cc2)cc1. The lowest BCUT2D eigenvalue weighted by molar-refractivity contribution is 0.669. The monoisotopic (exact) mass is 704 g/mol. The zero-order valence-corrected chi connectivity index (χ0v) is 30.1. The summed E-state index contributed by atoms with van der Waals surface area (Å²) in [6, 6.07) is 77.5. The topological polar surface area (TPSA) is 19.6 Å². The van der Waals surface area contributed by atoms with Gasteiger partial charge in [0.15, 0.2) is 0 Å². The third kappa shape index (κ3) is 5.89. The molecule has 0 aliphatic rings. The van der Waals surface area contributed by atoms with Crippen molar-refractivity contribution in [2.75, 3.05) is 9.80 Å². The lowest BCUT2D eigenvalue weighted by Gasteiger charge is -2.34. The van der Waals surface area contributed by atoms with Gasteiger partial charge in [-0.2, -0.15) is 0 Å². The summed E-state index contributed by atoms with van der Waals surface area (Å²) in [6.45, 7) is 0. The van der Waals surface area contributed by atoms with Crippen LogP contribution in [-0.2, 0) is 0 Å². The van der Waals surface area contributed by atoms with E-state index in [0.29, 0.717) is 0 Å². The Hall–Kier alpha value is -7.36. The largest absolute Gasteiger partial charge is 0.456 e. The van der Waals surface area contributed by atoms with Crippen LogP contribution in [0.2, 0.25) is 0 Å². The summed E-state index contributed by atoms with van der Waals surface area (Å²) in [7, 11) is 0. The molecule has 1 heterocycles. The van der Waals surface area contributed by atoms with Crippen LogP contribution in [-0.4, -0.2) is 0 Å². The zero-order valence-electron chi connectivity index (χ0n) is 30.1. The summed E-state index contributed by atoms with van der Waals surface area (Å²) in [6.07, 6.45) is 0. The van der Waals surface area contributed by atoms with Crippen molar-refractivity contribution in [1.82, 2.24) is 0 Å². The second-order valence-electron chi connectivity index (χ2n) is 13.7. The summed E-state index contributed by atoms with van der Waals surface area (Å²) < 4.78 is 6.79. The highest BCUT2D eigenvalue weighted by atomic mass is 16.3. The van der Waals surface area contributed by atoms with Crippen LogP contribution in [0.3, 0.4) is 0 Å². The van der Waals surface area contributed by atoms with E-state index in [0.717, 1.165) is 67.2 Å². The predicted molar refractivity (Wildman–Crippen MR) is 231 cm³/mol. The van der Waals surface area contributed by atoms with Crippen LogP contribution in [0.1, 0.15) is 0 Å². The van der Waals surface area contributed by atoms with Gasteiger partial charge in [0, 0.05) is 39.5 Å². The van der Waals surface area contributed by atoms with E-state index in [-0.39, 0.29) is 0 Å². The molecule has 0 spiro atoms. The van der Waals surface area contributed by atoms with Gasteiger partial charge in [-0.3, -0.25) is 0 Å². The van der Waals surface area contributed by atoms with Gasteiger partial charge < -0.3 is 14.2 Å². The molecule has 0 N–H and O–H groups in total. The molecule has 0 unspecified atom stereocenters. The molecule has 0 atom stereocenters. The van der Waals surface area contributed by atoms with E-state index < -0.39 is 0 Å². The van der Waals surface area contributed by atoms with Crippen molar-refractivity contribution >= 4 is 66.8 Å². The number of anilines is 6. The van der Waals surface area contributed by atoms with Crippen LogP contribution >= 0.6 is 0 Å². The first kappa shape index (κ1) is 32.3. The fourth-order valence-corrected chi connectivity index (χ4v) is 7.88. The molecule has 1 aromatic heterocycles. The molecule has 10 aromatic rings. The molecular weight excluding hydrogens is 669 g/mol. The molecule has 0 amide bonds. The van der Waals surface area contributed by atoms with Crippen LogP contribution in [0.4, 0.5) is 34.1 Å². The van der Waals surface area contributed by atoms with E-state index in [4.69, 9.17) is 4.42 Å². The number of benzene rings is 9. The normalized spacial score (nSPS) is 11.3. The van der Waals surface area contributed by atoms with E-state index >= 15 is 0 Å². The Morgan fingerprint density at radius 2 is 0.836 bits per heavy atom. The first-order chi connectivity index (χ1) is 27.3. The summed E-state index contributed by atoms with van der Waals surface area (Å²) >= 11 is 0. The lowest BCUT2D eigenvalue weighted by Crippen LogP contribution is -2.17. The highest BCUT2D eigenvalue weighted by Gasteiger charge is 2.26. The molecule has 0 saturated heterocycles. The third-order valence-corrected chi connectivity index (χ3v) is 10.4. The Morgan fingerprint density at radius 3 is 1.55 bits per heavy atom. The van der Waals surface area contributed by atoms with Gasteiger partial charge in [0.05, 0.1) is 17.1 Å². The van der Waals surface area contributed by atoms with E-state index in [9.17, 15) is 0 Å². The van der Waals surface area contributed by atoms with E-state index in [2.05, 4.69) is 228 Å². The molecule has 0 radical (unpaired) electrons. The van der Waals surface area contributed by atoms with Crippen LogP contribution in [0.5, 0.6) is 0 Å². The van der Waals surface area contributed by atoms with Gasteiger partial charge in [-0.15, -0.1) is 0 Å². The molecule has 3 nitrogen and oxygen atoms in total. The molecule has 0 bridgehead atoms. The van der Waals surface area contributed by atoms with Gasteiger partial charge in [0.2, 0.25) is 0 Å². The van der Waals surface area contributed by atoms with Crippen molar-refractivity contribution in [3.05, 3.63) is 218 Å². The Morgan fingerprint density at radius 1 is 0.309 bits per heavy atom. The number of hydrogen-bond acceptors (Lipinski definition) is 3. The van der Waals surface area contributed by atoms with E-state index in [1.54, 1.807) is 0 Å². The maximum absolute atomic E-state index is 6.79. The highest BCUT2D eigenvalue weighted by molar-refractivity contribution is 6.20. The minimum atomic E-state index is 0.830. The number of para-hydroxylation sites is 3. The van der Waals surface area contributed by atoms with E-state index in [1.165, 1.54) is 21.9 Å². The summed E-state index contributed by atoms with van der Waals surface area (Å²) in [5, 5.41) is 4.53. The average Bonchev–Trinajstić information content (AvgIpc) is 3.64. The quantitative estimate of drug-likeness (QED) is 0.157. The van der Waals surface area contributed by atoms with Gasteiger partial charge in [0.1, 0.15) is 11.2 Å². The van der Waals surface area contributed by atoms with Gasteiger partial charge >= 0.3 is 0 Å². The fraction of sp³-hybridized carbons (Fsp3) is 0. The molecule has 0 aliphatic carbocycles. The van der Waals surface area contributed by atoms with Gasteiger partial charge in [0.25, 0.3) is 0 Å². The van der Waals surface area contributed by atoms with Gasteiger partial charge in [-0.05, 0) is 82.1 Å². The second-order valence-corrected chi connectivity index (χ2v) is 13.7. The smallest absolute Gasteiger partial charge is 0.137 e. The second kappa shape index (κ2) is 13.9. The van der Waals surface area contributed by atoms with E-state index in [1.807, 2.05) is 0 Å². The Bertz CT molecular complexity index is 2900. The summed E-state index contributed by atoms with van der Waals surface area (Å²) in [5.74, 6) is 0. The first-order valence-corrected chi connectivity index (χ1v) is 18.7. The number of hydrogen-bond donors (Lipinski definition) is 0. The van der Waals surface area contributed by atoms with Crippen LogP contribution < -0.4 is 9.80 Å². The predicted octanol–water partition coefficient (Wildman–Crippen LogP) is 15.0. The van der Waals surface area contributed by atoms with Crippen molar-refractivity contribution < 1.29 is 4.42 Å². The molecule has 55 heavy (non-hydrogen) atoms. The maximum atomic E-state index is 6.79. The molecule has 0 fully saturated rings. The number of nitrogens with zero attached hydrogens (tertiary/aromatic N) is 2. The molecule has 0 aliphatic heterocycles. The summed E-state index contributed by atoms with van der Waals surface area (Å²) in [5.41, 5.74) is 12.6. The minimum absolute atomic E-state index is 0.830. The first-order valence-electron chi connectivity index (χ1n) is 18.7. The number of fused-ring (bicyclic) bond motifs is 5. The number of furan rings is 1. The third-order valence-electron chi connectivity index (χ3n) is 10.4. The standard InChI is InChI=1S/C52H36N2O/c1-5-17-37(18-6-1)38-29-32-43(33-30-38)53(41-22-9-3-10-23-41)49-36-51-46(52-45-27-14-13-21-40(45)31-34-50(52)55-51)35-48(49)54(42-24-11-4-12-25-42)47-28-16-15-26-44(47)39-19-7-2-8-20-39/h1-36H. The van der Waals surface area contributed by atoms with Crippen LogP contribution in [0, 0.1) is 0 Å². The molecular formula is C52H36N2O. The Kier molecular flexibility index (Phi) is 8.16. The van der Waals surface area contributed by atoms with Gasteiger partial charge in [-0.1, -0.05) is 158 Å². The number of rotatable bonds is 8. The maximum Gasteiger partial charge on any atom is 0.137 e. The summed E-state index contributed by atoms with van der Waals surface area (Å²) in [4.78, 5) is 4.77. The highest BCUT2D eigenvalue weighted by Crippen LogP contribution is 2.51. The molecule has 0 saturated carbocycles. The van der Waals surface area contributed by atoms with Crippen molar-refractivity contribution in [2.45, 2.75) is 0 Å². The average molecular weight is 705 g/mol. The molecule has 3 heteroatoms. The van der Waals surface area contributed by atoms with Crippen LogP contribution in [0.15, 0.2) is 223 Å². The van der Waals surface area contributed by atoms with Crippen molar-refractivity contribution in [1.29, 1.82) is 0 Å². The fourth-order valence-electron chi connectivity index (χ4n) is 7.88. The van der Waals surface area contributed by atoms with Crippen LogP contribution in [0.25, 0.3) is 55.0 Å². The lowest BCUT2D eigenvalue weighted by atomic mass is 9.99. The molecule has 10 rings (SSSR count). The molecule has 260 valence electrons.